The van der Waals surface area contributed by atoms with Gasteiger partial charge in [-0.1, -0.05) is 68.4 Å². The third-order valence-corrected chi connectivity index (χ3v) is 4.11. The summed E-state index contributed by atoms with van der Waals surface area (Å²) in [7, 11) is 0. The van der Waals surface area contributed by atoms with Gasteiger partial charge < -0.3 is 10.5 Å². The van der Waals surface area contributed by atoms with E-state index in [1.807, 2.05) is 25.1 Å². The van der Waals surface area contributed by atoms with Gasteiger partial charge >= 0.3 is 0 Å². The summed E-state index contributed by atoms with van der Waals surface area (Å²) in [5.41, 5.74) is 3.72. The molecule has 0 fully saturated rings. The fourth-order valence-corrected chi connectivity index (χ4v) is 2.48. The lowest BCUT2D eigenvalue weighted by atomic mass is 10.0. The Morgan fingerprint density at radius 2 is 1.57 bits per heavy atom. The zero-order valence-corrected chi connectivity index (χ0v) is 14.4. The fourth-order valence-electron chi connectivity index (χ4n) is 2.48. The smallest absolute Gasteiger partial charge is 0.0492 e. The third-order valence-electron chi connectivity index (χ3n) is 4.11. The van der Waals surface area contributed by atoms with Crippen molar-refractivity contribution in [1.82, 2.24) is 10.4 Å². The molecular weight excluding hydrogens is 284 g/mol. The van der Waals surface area contributed by atoms with E-state index in [2.05, 4.69) is 55.6 Å². The lowest BCUT2D eigenvalue weighted by Crippen LogP contribution is -2.37. The summed E-state index contributed by atoms with van der Waals surface area (Å²) in [5, 5.41) is 15.0. The molecule has 0 saturated carbocycles. The number of nitrogens with one attached hydrogen (secondary N) is 1. The highest BCUT2D eigenvalue weighted by atomic mass is 16.5. The average molecular weight is 312 g/mol. The van der Waals surface area contributed by atoms with Crippen molar-refractivity contribution in [3.05, 3.63) is 71.3 Å². The monoisotopic (exact) mass is 312 g/mol. The quantitative estimate of drug-likeness (QED) is 0.718. The Morgan fingerprint density at radius 3 is 2.17 bits per heavy atom. The zero-order valence-electron chi connectivity index (χ0n) is 14.4. The first-order chi connectivity index (χ1) is 11.1. The molecule has 3 nitrogen and oxygen atoms in total. The van der Waals surface area contributed by atoms with Crippen LogP contribution in [0.4, 0.5) is 0 Å². The average Bonchev–Trinajstić information content (AvgIpc) is 2.56. The summed E-state index contributed by atoms with van der Waals surface area (Å²) in [6.07, 6.45) is 0. The largest absolute Gasteiger partial charge is 0.313 e. The van der Waals surface area contributed by atoms with Gasteiger partial charge in [0.05, 0.1) is 0 Å². The predicted octanol–water partition coefficient (Wildman–Crippen LogP) is 4.18. The number of rotatable bonds is 8. The molecule has 2 aromatic rings. The van der Waals surface area contributed by atoms with E-state index in [9.17, 15) is 5.21 Å². The Morgan fingerprint density at radius 1 is 0.913 bits per heavy atom. The second-order valence-corrected chi connectivity index (χ2v) is 6.46. The Bertz CT molecular complexity index is 566. The Hall–Kier alpha value is -1.68. The van der Waals surface area contributed by atoms with Crippen molar-refractivity contribution < 1.29 is 5.21 Å². The predicted molar refractivity (Wildman–Crippen MR) is 95.5 cm³/mol. The molecule has 0 spiro atoms. The van der Waals surface area contributed by atoms with Crippen molar-refractivity contribution in [1.29, 1.82) is 0 Å². The van der Waals surface area contributed by atoms with Gasteiger partial charge in [0.15, 0.2) is 0 Å². The van der Waals surface area contributed by atoms with Crippen LogP contribution in [0.1, 0.15) is 43.4 Å². The Kier molecular flexibility index (Phi) is 6.78. The van der Waals surface area contributed by atoms with Crippen LogP contribution in [0.2, 0.25) is 0 Å². The molecule has 0 heterocycles. The van der Waals surface area contributed by atoms with Crippen molar-refractivity contribution in [3.63, 3.8) is 0 Å². The summed E-state index contributed by atoms with van der Waals surface area (Å²) in [6, 6.07) is 18.9. The van der Waals surface area contributed by atoms with Gasteiger partial charge in [-0.3, -0.25) is 0 Å². The van der Waals surface area contributed by atoms with Gasteiger partial charge in [-0.05, 0) is 29.5 Å². The molecule has 2 N–H and O–H groups in total. The second-order valence-electron chi connectivity index (χ2n) is 6.46. The number of hydrogen-bond donors (Lipinski definition) is 2. The van der Waals surface area contributed by atoms with Crippen LogP contribution in [0.25, 0.3) is 0 Å². The van der Waals surface area contributed by atoms with Crippen molar-refractivity contribution in [2.45, 2.75) is 45.8 Å². The number of nitrogens with zero attached hydrogens (tertiary/aromatic N) is 1. The molecule has 0 bridgehead atoms. The lowest BCUT2D eigenvalue weighted by Gasteiger charge is -2.23. The third kappa shape index (κ3) is 5.79. The van der Waals surface area contributed by atoms with Crippen LogP contribution in [0.15, 0.2) is 54.6 Å². The van der Waals surface area contributed by atoms with E-state index in [1.165, 1.54) is 16.2 Å². The van der Waals surface area contributed by atoms with Crippen LogP contribution in [0.5, 0.6) is 0 Å². The van der Waals surface area contributed by atoms with Gasteiger partial charge in [0.2, 0.25) is 0 Å². The van der Waals surface area contributed by atoms with E-state index in [4.69, 9.17) is 0 Å². The van der Waals surface area contributed by atoms with Gasteiger partial charge in [0.1, 0.15) is 0 Å². The highest BCUT2D eigenvalue weighted by molar-refractivity contribution is 5.24. The Balaban J connectivity index is 1.77. The first-order valence-corrected chi connectivity index (χ1v) is 8.35. The summed E-state index contributed by atoms with van der Waals surface area (Å²) in [4.78, 5) is 0. The van der Waals surface area contributed by atoms with Crippen molar-refractivity contribution in [3.8, 4) is 0 Å². The van der Waals surface area contributed by atoms with Crippen molar-refractivity contribution in [2.75, 3.05) is 6.54 Å². The molecule has 23 heavy (non-hydrogen) atoms. The van der Waals surface area contributed by atoms with Crippen LogP contribution in [-0.2, 0) is 13.1 Å². The summed E-state index contributed by atoms with van der Waals surface area (Å²) >= 11 is 0. The molecule has 0 aliphatic heterocycles. The highest BCUT2D eigenvalue weighted by Crippen LogP contribution is 2.15. The van der Waals surface area contributed by atoms with Crippen LogP contribution in [0.3, 0.4) is 0 Å². The molecule has 1 atom stereocenters. The maximum absolute atomic E-state index is 10.2. The molecule has 124 valence electrons. The normalized spacial score (nSPS) is 12.8. The van der Waals surface area contributed by atoms with E-state index < -0.39 is 0 Å². The fraction of sp³-hybridized carbons (Fsp3) is 0.400. The topological polar surface area (TPSA) is 35.5 Å². The van der Waals surface area contributed by atoms with Crippen LogP contribution in [0, 0.1) is 0 Å². The maximum Gasteiger partial charge on any atom is 0.0492 e. The molecular formula is C20H28N2O. The minimum Gasteiger partial charge on any atom is -0.313 e. The molecule has 0 amide bonds. The van der Waals surface area contributed by atoms with E-state index in [-0.39, 0.29) is 6.04 Å². The lowest BCUT2D eigenvalue weighted by molar-refractivity contribution is -0.129. The number of benzene rings is 2. The Labute approximate surface area is 139 Å². The van der Waals surface area contributed by atoms with Crippen LogP contribution < -0.4 is 5.32 Å². The first-order valence-electron chi connectivity index (χ1n) is 8.35. The molecule has 2 rings (SSSR count). The molecule has 0 aromatic heterocycles. The molecule has 3 heteroatoms. The van der Waals surface area contributed by atoms with Crippen molar-refractivity contribution in [2.24, 2.45) is 0 Å². The molecule has 1 unspecified atom stereocenters. The van der Waals surface area contributed by atoms with Gasteiger partial charge in [-0.25, -0.2) is 0 Å². The van der Waals surface area contributed by atoms with E-state index >= 15 is 0 Å². The van der Waals surface area contributed by atoms with Crippen LogP contribution in [-0.4, -0.2) is 22.9 Å². The number of hydrogen-bond acceptors (Lipinski definition) is 3. The van der Waals surface area contributed by atoms with Gasteiger partial charge in [0.25, 0.3) is 0 Å². The van der Waals surface area contributed by atoms with E-state index in [0.717, 1.165) is 18.7 Å². The minimum atomic E-state index is 0.0588. The maximum atomic E-state index is 10.2. The van der Waals surface area contributed by atoms with E-state index in [1.54, 1.807) is 0 Å². The highest BCUT2D eigenvalue weighted by Gasteiger charge is 2.11. The summed E-state index contributed by atoms with van der Waals surface area (Å²) in [6.45, 7) is 8.52. The van der Waals surface area contributed by atoms with Gasteiger partial charge in [-0.15, -0.1) is 0 Å². The second kappa shape index (κ2) is 8.82. The van der Waals surface area contributed by atoms with Crippen LogP contribution >= 0.6 is 0 Å². The first kappa shape index (κ1) is 17.7. The summed E-state index contributed by atoms with van der Waals surface area (Å²) in [5.74, 6) is 0.537. The van der Waals surface area contributed by atoms with Gasteiger partial charge in [-0.2, -0.15) is 5.06 Å². The molecule has 0 aliphatic rings. The number of hydroxylamine groups is 2. The van der Waals surface area contributed by atoms with Crippen molar-refractivity contribution >= 4 is 0 Å². The molecule has 0 radical (unpaired) electrons. The molecule has 0 aliphatic carbocycles. The molecule has 2 aromatic carbocycles. The van der Waals surface area contributed by atoms with Gasteiger partial charge in [0, 0.05) is 25.7 Å². The standard InChI is InChI=1S/C20H28N2O/c1-16(2)20-11-9-19(10-12-20)15-22(23)17(3)13-21-14-18-7-5-4-6-8-18/h4-12,16-17,21,23H,13-15H2,1-3H3. The SMILES string of the molecule is CC(C)c1ccc(CN(O)C(C)CNCc2ccccc2)cc1. The molecule has 0 saturated heterocycles. The minimum absolute atomic E-state index is 0.0588. The summed E-state index contributed by atoms with van der Waals surface area (Å²) < 4.78 is 0. The zero-order chi connectivity index (χ0) is 16.7. The van der Waals surface area contributed by atoms with E-state index in [0.29, 0.717) is 12.5 Å².